The molecule has 0 bridgehead atoms. The van der Waals surface area contributed by atoms with Gasteiger partial charge in [-0.05, 0) is 204 Å². The van der Waals surface area contributed by atoms with Gasteiger partial charge in [0.05, 0.1) is 0 Å². The van der Waals surface area contributed by atoms with Crippen molar-refractivity contribution in [2.45, 2.75) is 467 Å². The molecular formula is C108H168ClMn2N6O6-. The van der Waals surface area contributed by atoms with Crippen LogP contribution in [0.5, 0.6) is 34.5 Å². The number of benzene rings is 6. The zero-order chi connectivity index (χ0) is 90.8. The Balaban J connectivity index is 0.000000383. The van der Waals surface area contributed by atoms with Gasteiger partial charge < -0.3 is 74.9 Å². The number of nitrogens with one attached hydrogen (secondary N) is 6. The van der Waals surface area contributed by atoms with Crippen LogP contribution in [0.1, 0.15) is 426 Å². The molecule has 6 atom stereocenters. The molecule has 6 N–H and O–H groups in total. The Hall–Kier alpha value is -4.79. The van der Waals surface area contributed by atoms with Gasteiger partial charge in [-0.15, -0.1) is 34.5 Å². The van der Waals surface area contributed by atoms with Crippen LogP contribution in [0.3, 0.4) is 0 Å². The summed E-state index contributed by atoms with van der Waals surface area (Å²) in [7, 11) is 0. The van der Waals surface area contributed by atoms with Crippen LogP contribution in [-0.2, 0) is 138 Å². The van der Waals surface area contributed by atoms with E-state index in [-0.39, 0.29) is 182 Å². The summed E-state index contributed by atoms with van der Waals surface area (Å²) in [5.74, 6) is 0.989. The van der Waals surface area contributed by atoms with Gasteiger partial charge in [-0.3, -0.25) is 0 Å². The van der Waals surface area contributed by atoms with Crippen molar-refractivity contribution in [1.82, 2.24) is 31.9 Å². The molecule has 12 nitrogen and oxygen atoms in total. The van der Waals surface area contributed by atoms with Crippen molar-refractivity contribution in [2.75, 3.05) is 0 Å². The third kappa shape index (κ3) is 30.4. The number of halogens is 1. The van der Waals surface area contributed by atoms with E-state index in [4.69, 9.17) is 0 Å². The van der Waals surface area contributed by atoms with Gasteiger partial charge in [-0.1, -0.05) is 361 Å². The predicted octanol–water partition coefficient (Wildman–Crippen LogP) is 18.6. The minimum atomic E-state index is -0.203. The molecular weight excluding hydrogens is 1620 g/mol. The summed E-state index contributed by atoms with van der Waals surface area (Å²) in [5, 5.41) is 104. The summed E-state index contributed by atoms with van der Waals surface area (Å²) in [4.78, 5) is 0. The summed E-state index contributed by atoms with van der Waals surface area (Å²) in [6.45, 7) is 81.4. The molecule has 0 saturated heterocycles. The maximum absolute atomic E-state index is 13.5. The quantitative estimate of drug-likeness (QED) is 0.0444. The van der Waals surface area contributed by atoms with Crippen LogP contribution in [0.4, 0.5) is 0 Å². The van der Waals surface area contributed by atoms with Crippen molar-refractivity contribution >= 4 is 0 Å². The molecule has 15 heteroatoms. The number of hydrogen-bond donors (Lipinski definition) is 6. The van der Waals surface area contributed by atoms with Crippen molar-refractivity contribution in [1.29, 1.82) is 0 Å². The molecule has 0 heterocycles. The Morgan fingerprint density at radius 2 is 0.301 bits per heavy atom. The summed E-state index contributed by atoms with van der Waals surface area (Å²) in [6.07, 6.45) is 13.5. The second-order valence-corrected chi connectivity index (χ2v) is 48.9. The second kappa shape index (κ2) is 42.4. The third-order valence-corrected chi connectivity index (χ3v) is 25.7. The van der Waals surface area contributed by atoms with E-state index in [9.17, 15) is 30.6 Å². The molecule has 6 aromatic carbocycles. The Labute approximate surface area is 777 Å². The first-order chi connectivity index (χ1) is 54.6. The molecule has 3 saturated carbocycles. The maximum atomic E-state index is 13.5. The van der Waals surface area contributed by atoms with Gasteiger partial charge in [0.2, 0.25) is 0 Å². The average molecular weight is 1790 g/mol. The van der Waals surface area contributed by atoms with E-state index in [1.807, 2.05) is 0 Å². The van der Waals surface area contributed by atoms with Gasteiger partial charge >= 0.3 is 34.1 Å². The molecule has 4 unspecified atom stereocenters. The Morgan fingerprint density at radius 3 is 0.390 bits per heavy atom. The fraction of sp³-hybridized carbons (Fsp3) is 0.667. The molecule has 0 radical (unpaired) electrons. The van der Waals surface area contributed by atoms with E-state index in [0.717, 1.165) is 105 Å². The van der Waals surface area contributed by atoms with Gasteiger partial charge in [-0.2, -0.15) is 0 Å². The van der Waals surface area contributed by atoms with E-state index in [1.165, 1.54) is 71.9 Å². The zero-order valence-corrected chi connectivity index (χ0v) is 86.8. The Morgan fingerprint density at radius 1 is 0.195 bits per heavy atom. The van der Waals surface area contributed by atoms with Crippen LogP contribution in [0.25, 0.3) is 0 Å². The monoisotopic (exact) mass is 1790 g/mol. The largest absolute Gasteiger partial charge is 3.00 e. The molecule has 123 heavy (non-hydrogen) atoms. The van der Waals surface area contributed by atoms with Crippen LogP contribution < -0.4 is 74.9 Å². The standard InChI is InChI=1S/3C36H58N2O2.ClH.2Mn/c3*1-33(2,3)25-17-23(31(39)27(19-25)35(7,8)9)21-37-29-15-13-14-16-30(29)38-22-24-18-26(34(4,5)6)20-28(32(24)40)36(10,11)12;;;/h3*17-20,29-30,37-40H,13-16,21-22H2,1-12H3;1H;;/q;;;;2*+3/p-7/t29-,30-;;;;;/m0...../s1. The summed E-state index contributed by atoms with van der Waals surface area (Å²) < 4.78 is 0. The van der Waals surface area contributed by atoms with Crippen molar-refractivity contribution < 1.29 is 77.2 Å². The third-order valence-electron chi connectivity index (χ3n) is 25.7. The second-order valence-electron chi connectivity index (χ2n) is 48.9. The van der Waals surface area contributed by atoms with Crippen LogP contribution in [-0.4, -0.2) is 36.3 Å². The summed E-state index contributed by atoms with van der Waals surface area (Å²) >= 11 is 0. The number of rotatable bonds is 18. The first-order valence-corrected chi connectivity index (χ1v) is 46.1. The first kappa shape index (κ1) is 111. The van der Waals surface area contributed by atoms with E-state index in [1.54, 1.807) is 0 Å². The van der Waals surface area contributed by atoms with Crippen molar-refractivity contribution in [3.8, 4) is 34.5 Å². The smallest absolute Gasteiger partial charge is 1.00 e. The van der Waals surface area contributed by atoms with Crippen LogP contribution in [0, 0.1) is 0 Å². The molecule has 0 spiro atoms. The van der Waals surface area contributed by atoms with Crippen LogP contribution in [0.2, 0.25) is 0 Å². The van der Waals surface area contributed by atoms with Gasteiger partial charge in [0, 0.05) is 75.5 Å². The summed E-state index contributed by atoms with van der Waals surface area (Å²) in [6, 6.07) is 27.0. The normalized spacial score (nSPS) is 18.7. The Kier molecular flexibility index (Phi) is 38.1. The van der Waals surface area contributed by atoms with Crippen molar-refractivity contribution in [2.24, 2.45) is 0 Å². The van der Waals surface area contributed by atoms with Gasteiger partial charge in [0.25, 0.3) is 0 Å². The van der Waals surface area contributed by atoms with Crippen molar-refractivity contribution in [3.63, 3.8) is 0 Å². The van der Waals surface area contributed by atoms with Crippen LogP contribution in [0.15, 0.2) is 72.8 Å². The Bertz CT molecular complexity index is 3700. The van der Waals surface area contributed by atoms with E-state index in [2.05, 4.69) is 354 Å². The topological polar surface area (TPSA) is 211 Å². The summed E-state index contributed by atoms with van der Waals surface area (Å²) in [5.41, 5.74) is 16.4. The molecule has 6 aromatic rings. The molecule has 3 aliphatic carbocycles. The van der Waals surface area contributed by atoms with E-state index < -0.39 is 0 Å². The SMILES string of the molecule is CC(C)(C)c1cc(CNC2CCCCC2NCc2cc(C(C)(C)C)cc(C(C)(C)C)c2[O-])c([O-])c(C(C)(C)C)c1.CC(C)(C)c1cc(CNC2CCCCC2NCc2cc(C(C)(C)C)cc(C(C)(C)C)c2[O-])c([O-])c(C(C)(C)C)c1.CC(C)(C)c1cc(CN[C@H]2CCCC[C@@H]2NCc2cc(C(C)(C)C)cc(C(C)(C)C)c2[O-])c([O-])c(C(C)(C)C)c1.[Cl-].[Mn+3].[Mn+3]. The van der Waals surface area contributed by atoms with Crippen molar-refractivity contribution in [3.05, 3.63) is 173 Å². The molecule has 9 rings (SSSR count). The molecule has 688 valence electrons. The zero-order valence-electron chi connectivity index (χ0n) is 83.7. The number of hydrogen-bond acceptors (Lipinski definition) is 12. The fourth-order valence-corrected chi connectivity index (χ4v) is 17.2. The first-order valence-electron chi connectivity index (χ1n) is 46.1. The minimum absolute atomic E-state index is 0. The maximum Gasteiger partial charge on any atom is 3.00 e. The predicted molar refractivity (Wildman–Crippen MR) is 499 cm³/mol. The minimum Gasteiger partial charge on any atom is -1.00 e. The average Bonchev–Trinajstić information content (AvgIpc) is 0.808. The van der Waals surface area contributed by atoms with Crippen LogP contribution >= 0.6 is 0 Å². The molecule has 3 aliphatic rings. The molecule has 0 aromatic heterocycles. The fourth-order valence-electron chi connectivity index (χ4n) is 17.2. The van der Waals surface area contributed by atoms with Gasteiger partial charge in [-0.25, -0.2) is 0 Å². The molecule has 0 aliphatic heterocycles. The van der Waals surface area contributed by atoms with Gasteiger partial charge in [0.1, 0.15) is 0 Å². The van der Waals surface area contributed by atoms with Gasteiger partial charge in [0.15, 0.2) is 0 Å². The molecule has 3 fully saturated rings. The van der Waals surface area contributed by atoms with E-state index in [0.29, 0.717) is 39.3 Å². The molecule has 0 amide bonds. The van der Waals surface area contributed by atoms with E-state index >= 15 is 0 Å².